The normalized spacial score (nSPS) is 14.6. The highest BCUT2D eigenvalue weighted by Crippen LogP contribution is 2.29. The van der Waals surface area contributed by atoms with Gasteiger partial charge in [-0.25, -0.2) is 4.98 Å². The summed E-state index contributed by atoms with van der Waals surface area (Å²) in [4.78, 5) is 20.4. The Morgan fingerprint density at radius 1 is 1.03 bits per heavy atom. The number of para-hydroxylation sites is 1. The summed E-state index contributed by atoms with van der Waals surface area (Å²) in [5, 5.41) is 1.01. The molecule has 0 N–H and O–H groups in total. The first-order valence-corrected chi connectivity index (χ1v) is 11.7. The monoisotopic (exact) mass is 426 g/mol. The van der Waals surface area contributed by atoms with E-state index in [1.54, 1.807) is 6.08 Å². The van der Waals surface area contributed by atoms with Gasteiger partial charge in [-0.3, -0.25) is 4.79 Å². The molecular weight excluding hydrogens is 392 g/mol. The number of anilines is 1. The van der Waals surface area contributed by atoms with Gasteiger partial charge >= 0.3 is 0 Å². The number of pyridine rings is 1. The first-order chi connectivity index (χ1) is 15.2. The number of rotatable bonds is 5. The van der Waals surface area contributed by atoms with E-state index in [9.17, 15) is 4.79 Å². The molecule has 1 saturated heterocycles. The number of hydrogen-bond acceptors (Lipinski definition) is 3. The zero-order valence-electron chi connectivity index (χ0n) is 20.0. The van der Waals surface area contributed by atoms with Crippen molar-refractivity contribution < 1.29 is 4.79 Å². The number of carbonyl (C=O) groups excluding carboxylic acids is 1. The second-order valence-corrected chi connectivity index (χ2v) is 10.3. The standard InChI is InChI=1S/C29H34N2O/c1-20-16-22(17-21(2)25(20)19-29(3,4)5)12-13-27(32)24-18-23-10-6-7-11-26(23)30-28(24)31-14-8-9-15-31/h6-7,10-13,16-18H,8-9,14-15,19H2,1-5H3/b13-12+. The van der Waals surface area contributed by atoms with Crippen molar-refractivity contribution in [3.05, 3.63) is 76.4 Å². The summed E-state index contributed by atoms with van der Waals surface area (Å²) < 4.78 is 0. The molecule has 3 nitrogen and oxygen atoms in total. The number of nitrogens with zero attached hydrogens (tertiary/aromatic N) is 2. The van der Waals surface area contributed by atoms with Gasteiger partial charge in [0.15, 0.2) is 5.78 Å². The first-order valence-electron chi connectivity index (χ1n) is 11.7. The van der Waals surface area contributed by atoms with Gasteiger partial charge in [-0.15, -0.1) is 0 Å². The maximum absolute atomic E-state index is 13.3. The lowest BCUT2D eigenvalue weighted by Gasteiger charge is -2.22. The minimum absolute atomic E-state index is 0.0132. The van der Waals surface area contributed by atoms with Gasteiger partial charge < -0.3 is 4.90 Å². The third-order valence-electron chi connectivity index (χ3n) is 6.23. The molecule has 4 rings (SSSR count). The first kappa shape index (κ1) is 22.3. The number of aryl methyl sites for hydroxylation is 2. The largest absolute Gasteiger partial charge is 0.356 e. The number of fused-ring (bicyclic) bond motifs is 1. The minimum Gasteiger partial charge on any atom is -0.356 e. The highest BCUT2D eigenvalue weighted by molar-refractivity contribution is 6.11. The van der Waals surface area contributed by atoms with Crippen LogP contribution < -0.4 is 4.90 Å². The summed E-state index contributed by atoms with van der Waals surface area (Å²) in [5.74, 6) is 0.836. The molecule has 0 bridgehead atoms. The Labute approximate surface area is 192 Å². The van der Waals surface area contributed by atoms with E-state index in [2.05, 4.69) is 51.7 Å². The fourth-order valence-corrected chi connectivity index (χ4v) is 4.65. The molecule has 1 aliphatic heterocycles. The Hall–Kier alpha value is -2.94. The summed E-state index contributed by atoms with van der Waals surface area (Å²) in [6.07, 6.45) is 7.01. The number of aromatic nitrogens is 1. The molecule has 0 unspecified atom stereocenters. The topological polar surface area (TPSA) is 33.2 Å². The summed E-state index contributed by atoms with van der Waals surface area (Å²) in [6, 6.07) is 14.4. The molecule has 1 aliphatic rings. The van der Waals surface area contributed by atoms with Gasteiger partial charge in [-0.05, 0) is 79.0 Å². The predicted octanol–water partition coefficient (Wildman–Crippen LogP) is 6.94. The molecule has 0 atom stereocenters. The molecule has 0 radical (unpaired) electrons. The van der Waals surface area contributed by atoms with E-state index in [4.69, 9.17) is 4.98 Å². The Morgan fingerprint density at radius 3 is 2.34 bits per heavy atom. The van der Waals surface area contributed by atoms with Crippen LogP contribution in [-0.4, -0.2) is 23.9 Å². The quantitative estimate of drug-likeness (QED) is 0.327. The smallest absolute Gasteiger partial charge is 0.189 e. The molecule has 0 aliphatic carbocycles. The Morgan fingerprint density at radius 2 is 1.69 bits per heavy atom. The fraction of sp³-hybridized carbons (Fsp3) is 0.379. The van der Waals surface area contributed by atoms with Gasteiger partial charge in [0.05, 0.1) is 11.1 Å². The Kier molecular flexibility index (Phi) is 6.19. The number of allylic oxidation sites excluding steroid dienone is 1. The summed E-state index contributed by atoms with van der Waals surface area (Å²) in [7, 11) is 0. The van der Waals surface area contributed by atoms with Crippen LogP contribution >= 0.6 is 0 Å². The van der Waals surface area contributed by atoms with E-state index >= 15 is 0 Å². The van der Waals surface area contributed by atoms with Gasteiger partial charge in [-0.2, -0.15) is 0 Å². The Balaban J connectivity index is 1.66. The predicted molar refractivity (Wildman–Crippen MR) is 136 cm³/mol. The van der Waals surface area contributed by atoms with Crippen molar-refractivity contribution in [3.8, 4) is 0 Å². The molecule has 0 spiro atoms. The second-order valence-electron chi connectivity index (χ2n) is 10.3. The molecule has 166 valence electrons. The lowest BCUT2D eigenvalue weighted by Crippen LogP contribution is -2.22. The van der Waals surface area contributed by atoms with Crippen molar-refractivity contribution in [1.29, 1.82) is 0 Å². The van der Waals surface area contributed by atoms with E-state index in [-0.39, 0.29) is 11.2 Å². The maximum Gasteiger partial charge on any atom is 0.189 e. The number of hydrogen-bond donors (Lipinski definition) is 0. The molecule has 0 saturated carbocycles. The summed E-state index contributed by atoms with van der Waals surface area (Å²) >= 11 is 0. The molecule has 32 heavy (non-hydrogen) atoms. The zero-order valence-corrected chi connectivity index (χ0v) is 20.0. The van der Waals surface area contributed by atoms with Crippen molar-refractivity contribution in [2.24, 2.45) is 5.41 Å². The summed E-state index contributed by atoms with van der Waals surface area (Å²) in [5.41, 5.74) is 6.95. The van der Waals surface area contributed by atoms with Gasteiger partial charge in [0.2, 0.25) is 0 Å². The van der Waals surface area contributed by atoms with Crippen molar-refractivity contribution in [1.82, 2.24) is 4.98 Å². The zero-order chi connectivity index (χ0) is 22.9. The van der Waals surface area contributed by atoms with Crippen LogP contribution in [0.25, 0.3) is 17.0 Å². The van der Waals surface area contributed by atoms with E-state index in [0.717, 1.165) is 54.6 Å². The average molecular weight is 427 g/mol. The van der Waals surface area contributed by atoms with Crippen molar-refractivity contribution >= 4 is 28.6 Å². The van der Waals surface area contributed by atoms with E-state index < -0.39 is 0 Å². The molecule has 2 heterocycles. The van der Waals surface area contributed by atoms with Crippen LogP contribution in [0.5, 0.6) is 0 Å². The minimum atomic E-state index is 0.0132. The van der Waals surface area contributed by atoms with Crippen LogP contribution in [0.2, 0.25) is 0 Å². The fourth-order valence-electron chi connectivity index (χ4n) is 4.65. The van der Waals surface area contributed by atoms with Crippen LogP contribution in [0, 0.1) is 19.3 Å². The van der Waals surface area contributed by atoms with Crippen molar-refractivity contribution in [2.75, 3.05) is 18.0 Å². The summed E-state index contributed by atoms with van der Waals surface area (Å²) in [6.45, 7) is 13.1. The van der Waals surface area contributed by atoms with Crippen LogP contribution in [-0.2, 0) is 6.42 Å². The van der Waals surface area contributed by atoms with Gasteiger partial charge in [0.1, 0.15) is 5.82 Å². The molecule has 1 aromatic heterocycles. The number of benzene rings is 2. The number of carbonyl (C=O) groups is 1. The maximum atomic E-state index is 13.3. The molecule has 3 heteroatoms. The SMILES string of the molecule is Cc1cc(/C=C/C(=O)c2cc3ccccc3nc2N2CCCC2)cc(C)c1CC(C)(C)C. The third-order valence-corrected chi connectivity index (χ3v) is 6.23. The van der Waals surface area contributed by atoms with Crippen LogP contribution in [0.1, 0.15) is 66.2 Å². The average Bonchev–Trinajstić information content (AvgIpc) is 3.28. The third kappa shape index (κ3) is 4.93. The van der Waals surface area contributed by atoms with Crippen molar-refractivity contribution in [3.63, 3.8) is 0 Å². The van der Waals surface area contributed by atoms with Gasteiger partial charge in [-0.1, -0.05) is 57.2 Å². The van der Waals surface area contributed by atoms with Crippen LogP contribution in [0.4, 0.5) is 5.82 Å². The molecular formula is C29H34N2O. The van der Waals surface area contributed by atoms with Gasteiger partial charge in [0.25, 0.3) is 0 Å². The lowest BCUT2D eigenvalue weighted by atomic mass is 9.84. The van der Waals surface area contributed by atoms with E-state index in [0.29, 0.717) is 5.56 Å². The molecule has 1 fully saturated rings. The second kappa shape index (κ2) is 8.90. The lowest BCUT2D eigenvalue weighted by molar-refractivity contribution is 0.104. The molecule has 2 aromatic carbocycles. The van der Waals surface area contributed by atoms with E-state index in [1.165, 1.54) is 16.7 Å². The highest BCUT2D eigenvalue weighted by Gasteiger charge is 2.21. The van der Waals surface area contributed by atoms with E-state index in [1.807, 2.05) is 36.4 Å². The van der Waals surface area contributed by atoms with Crippen LogP contribution in [0.3, 0.4) is 0 Å². The number of ketones is 1. The highest BCUT2D eigenvalue weighted by atomic mass is 16.1. The van der Waals surface area contributed by atoms with Crippen molar-refractivity contribution in [2.45, 2.75) is 53.9 Å². The molecule has 0 amide bonds. The van der Waals surface area contributed by atoms with Gasteiger partial charge in [0, 0.05) is 18.5 Å². The Bertz CT molecular complexity index is 1150. The molecule has 3 aromatic rings. The van der Waals surface area contributed by atoms with Crippen LogP contribution in [0.15, 0.2) is 48.5 Å².